The Balaban J connectivity index is 1.62. The molecule has 0 radical (unpaired) electrons. The van der Waals surface area contributed by atoms with E-state index in [1.807, 2.05) is 50.2 Å². The van der Waals surface area contributed by atoms with Crippen LogP contribution in [0.4, 0.5) is 5.69 Å². The molecule has 2 N–H and O–H groups in total. The first kappa shape index (κ1) is 21.2. The fourth-order valence-electron chi connectivity index (χ4n) is 3.34. The molecule has 0 saturated heterocycles. The molecule has 2 aromatic carbocycles. The first-order chi connectivity index (χ1) is 15.0. The number of nitrogens with zero attached hydrogens (tertiary/aromatic N) is 2. The Labute approximate surface area is 188 Å². The van der Waals surface area contributed by atoms with Crippen LogP contribution in [0.2, 0.25) is 5.02 Å². The van der Waals surface area contributed by atoms with E-state index in [0.29, 0.717) is 33.4 Å². The summed E-state index contributed by atoms with van der Waals surface area (Å²) in [6.07, 6.45) is 1.80. The van der Waals surface area contributed by atoms with Crippen LogP contribution in [0, 0.1) is 6.92 Å². The molecule has 8 heteroatoms. The number of carbonyl (C=O) groups is 1. The molecule has 0 saturated carbocycles. The molecule has 0 aliphatic carbocycles. The lowest BCUT2D eigenvalue weighted by Crippen LogP contribution is -2.23. The second-order valence-corrected chi connectivity index (χ2v) is 8.41. The van der Waals surface area contributed by atoms with Crippen molar-refractivity contribution < 1.29 is 4.79 Å². The van der Waals surface area contributed by atoms with E-state index in [-0.39, 0.29) is 17.2 Å². The molecule has 6 nitrogen and oxygen atoms in total. The van der Waals surface area contributed by atoms with Crippen LogP contribution < -0.4 is 10.9 Å². The number of nitrogens with one attached hydrogen (secondary N) is 2. The topological polar surface area (TPSA) is 79.8 Å². The largest absolute Gasteiger partial charge is 0.355 e. The number of hydrogen-bond donors (Lipinski definition) is 2. The number of aromatic nitrogens is 3. The Morgan fingerprint density at radius 1 is 1.23 bits per heavy atom. The molecular formula is C23H21ClN4O2S. The fraction of sp³-hybridized carbons (Fsp3) is 0.174. The van der Waals surface area contributed by atoms with E-state index >= 15 is 0 Å². The predicted octanol–water partition coefficient (Wildman–Crippen LogP) is 5.10. The maximum atomic E-state index is 13.0. The molecule has 158 valence electrons. The van der Waals surface area contributed by atoms with E-state index in [1.165, 1.54) is 11.8 Å². The van der Waals surface area contributed by atoms with Crippen molar-refractivity contribution in [3.05, 3.63) is 75.7 Å². The minimum absolute atomic E-state index is 0.104. The van der Waals surface area contributed by atoms with Gasteiger partial charge in [-0.15, -0.1) is 0 Å². The van der Waals surface area contributed by atoms with Crippen molar-refractivity contribution in [1.82, 2.24) is 14.5 Å². The number of halogens is 1. The van der Waals surface area contributed by atoms with Crippen LogP contribution in [-0.2, 0) is 11.3 Å². The maximum Gasteiger partial charge on any atom is 0.278 e. The van der Waals surface area contributed by atoms with Gasteiger partial charge >= 0.3 is 0 Å². The summed E-state index contributed by atoms with van der Waals surface area (Å²) < 4.78 is 1.57. The summed E-state index contributed by atoms with van der Waals surface area (Å²) in [6, 6.07) is 15.2. The molecule has 4 aromatic rings. The molecule has 0 atom stereocenters. The molecule has 0 aliphatic rings. The number of amides is 1. The number of anilines is 1. The number of benzene rings is 2. The summed E-state index contributed by atoms with van der Waals surface area (Å²) in [7, 11) is 0. The van der Waals surface area contributed by atoms with Crippen LogP contribution in [0.1, 0.15) is 12.5 Å². The summed E-state index contributed by atoms with van der Waals surface area (Å²) in [5.41, 5.74) is 4.31. The van der Waals surface area contributed by atoms with Gasteiger partial charge in [0.25, 0.3) is 5.56 Å². The average molecular weight is 453 g/mol. The third-order valence-electron chi connectivity index (χ3n) is 4.88. The zero-order valence-electron chi connectivity index (χ0n) is 17.1. The van der Waals surface area contributed by atoms with Gasteiger partial charge in [-0.1, -0.05) is 59.8 Å². The van der Waals surface area contributed by atoms with Gasteiger partial charge in [-0.3, -0.25) is 14.2 Å². The highest BCUT2D eigenvalue weighted by atomic mass is 35.5. The van der Waals surface area contributed by atoms with Gasteiger partial charge in [-0.2, -0.15) is 0 Å². The Bertz CT molecular complexity index is 1310. The smallest absolute Gasteiger partial charge is 0.278 e. The first-order valence-corrected chi connectivity index (χ1v) is 11.2. The van der Waals surface area contributed by atoms with Crippen LogP contribution >= 0.6 is 23.4 Å². The monoisotopic (exact) mass is 452 g/mol. The standard InChI is InChI=1S/C23H21ClN4O2S/c1-3-28-22(30)21-20(16(12-25-21)15-7-5-4-6-8-15)27-23(28)31-13-19(29)26-18-10-9-14(2)11-17(18)24/h4-12,25H,3,13H2,1-2H3,(H,26,29). The van der Waals surface area contributed by atoms with E-state index in [1.54, 1.807) is 22.9 Å². The number of carbonyl (C=O) groups excluding carboxylic acids is 1. The van der Waals surface area contributed by atoms with Gasteiger partial charge < -0.3 is 10.3 Å². The zero-order chi connectivity index (χ0) is 22.0. The Morgan fingerprint density at radius 2 is 2.00 bits per heavy atom. The van der Waals surface area contributed by atoms with Crippen LogP contribution in [-0.4, -0.2) is 26.2 Å². The maximum absolute atomic E-state index is 13.0. The van der Waals surface area contributed by atoms with Crippen molar-refractivity contribution in [3.8, 4) is 11.1 Å². The summed E-state index contributed by atoms with van der Waals surface area (Å²) in [5, 5.41) is 3.81. The van der Waals surface area contributed by atoms with Gasteiger partial charge in [0, 0.05) is 18.3 Å². The van der Waals surface area contributed by atoms with Crippen molar-refractivity contribution in [2.75, 3.05) is 11.1 Å². The normalized spacial score (nSPS) is 11.1. The van der Waals surface area contributed by atoms with Gasteiger partial charge in [-0.05, 0) is 37.1 Å². The molecular weight excluding hydrogens is 432 g/mol. The SMILES string of the molecule is CCn1c(SCC(=O)Nc2ccc(C)cc2Cl)nc2c(-c3ccccc3)c[nH]c2c1=O. The molecule has 2 aromatic heterocycles. The first-order valence-electron chi connectivity index (χ1n) is 9.84. The van der Waals surface area contributed by atoms with E-state index in [9.17, 15) is 9.59 Å². The highest BCUT2D eigenvalue weighted by molar-refractivity contribution is 7.99. The average Bonchev–Trinajstić information content (AvgIpc) is 3.19. The minimum atomic E-state index is -0.217. The third kappa shape index (κ3) is 4.38. The summed E-state index contributed by atoms with van der Waals surface area (Å²) in [4.78, 5) is 33.3. The molecule has 0 aliphatic heterocycles. The number of aryl methyl sites for hydroxylation is 1. The van der Waals surface area contributed by atoms with Crippen molar-refractivity contribution in [1.29, 1.82) is 0 Å². The quantitative estimate of drug-likeness (QED) is 0.315. The van der Waals surface area contributed by atoms with Crippen molar-refractivity contribution >= 4 is 46.0 Å². The Morgan fingerprint density at radius 3 is 2.71 bits per heavy atom. The molecule has 0 spiro atoms. The molecule has 2 heterocycles. The van der Waals surface area contributed by atoms with Gasteiger partial charge in [0.2, 0.25) is 5.91 Å². The van der Waals surface area contributed by atoms with Crippen molar-refractivity contribution in [2.24, 2.45) is 0 Å². The Kier molecular flexibility index (Phi) is 6.15. The third-order valence-corrected chi connectivity index (χ3v) is 6.17. The zero-order valence-corrected chi connectivity index (χ0v) is 18.7. The van der Waals surface area contributed by atoms with Crippen molar-refractivity contribution in [2.45, 2.75) is 25.5 Å². The molecule has 0 fully saturated rings. The molecule has 31 heavy (non-hydrogen) atoms. The summed E-state index contributed by atoms with van der Waals surface area (Å²) in [6.45, 7) is 4.27. The van der Waals surface area contributed by atoms with Crippen molar-refractivity contribution in [3.63, 3.8) is 0 Å². The van der Waals surface area contributed by atoms with Gasteiger partial charge in [0.1, 0.15) is 11.0 Å². The molecule has 0 bridgehead atoms. The van der Waals surface area contributed by atoms with E-state index in [2.05, 4.69) is 10.3 Å². The predicted molar refractivity (Wildman–Crippen MR) is 127 cm³/mol. The highest BCUT2D eigenvalue weighted by Crippen LogP contribution is 2.28. The lowest BCUT2D eigenvalue weighted by atomic mass is 10.1. The number of aromatic amines is 1. The van der Waals surface area contributed by atoms with E-state index in [0.717, 1.165) is 16.7 Å². The summed E-state index contributed by atoms with van der Waals surface area (Å²) >= 11 is 7.43. The van der Waals surface area contributed by atoms with E-state index in [4.69, 9.17) is 16.6 Å². The van der Waals surface area contributed by atoms with Crippen LogP contribution in [0.5, 0.6) is 0 Å². The molecule has 1 amide bonds. The molecule has 0 unspecified atom stereocenters. The summed E-state index contributed by atoms with van der Waals surface area (Å²) in [5.74, 6) is -0.113. The second kappa shape index (κ2) is 8.99. The number of rotatable bonds is 6. The highest BCUT2D eigenvalue weighted by Gasteiger charge is 2.17. The van der Waals surface area contributed by atoms with E-state index < -0.39 is 0 Å². The lowest BCUT2D eigenvalue weighted by molar-refractivity contribution is -0.113. The minimum Gasteiger partial charge on any atom is -0.355 e. The van der Waals surface area contributed by atoms with Crippen LogP contribution in [0.15, 0.2) is 64.7 Å². The fourth-order valence-corrected chi connectivity index (χ4v) is 4.48. The van der Waals surface area contributed by atoms with Gasteiger partial charge in [0.05, 0.1) is 16.5 Å². The van der Waals surface area contributed by atoms with Gasteiger partial charge in [-0.25, -0.2) is 4.98 Å². The number of fused-ring (bicyclic) bond motifs is 1. The number of hydrogen-bond acceptors (Lipinski definition) is 4. The molecule has 4 rings (SSSR count). The van der Waals surface area contributed by atoms with Crippen LogP contribution in [0.3, 0.4) is 0 Å². The Hall–Kier alpha value is -3.03. The lowest BCUT2D eigenvalue weighted by Gasteiger charge is -2.11. The number of thioether (sulfide) groups is 1. The van der Waals surface area contributed by atoms with Gasteiger partial charge in [0.15, 0.2) is 5.16 Å². The number of H-pyrrole nitrogens is 1. The second-order valence-electron chi connectivity index (χ2n) is 7.06. The van der Waals surface area contributed by atoms with Crippen LogP contribution in [0.25, 0.3) is 22.2 Å².